The van der Waals surface area contributed by atoms with Crippen LogP contribution < -0.4 is 4.74 Å². The van der Waals surface area contributed by atoms with Crippen LogP contribution in [0.1, 0.15) is 65.4 Å². The van der Waals surface area contributed by atoms with Gasteiger partial charge in [-0.2, -0.15) is 0 Å². The van der Waals surface area contributed by atoms with Crippen molar-refractivity contribution >= 4 is 11.5 Å². The number of rotatable bonds is 8. The molecular formula is C26H39NO5. The van der Waals surface area contributed by atoms with Crippen LogP contribution in [0.2, 0.25) is 0 Å². The monoisotopic (exact) mass is 445 g/mol. The maximum absolute atomic E-state index is 11.9. The van der Waals surface area contributed by atoms with Crippen molar-refractivity contribution in [3.63, 3.8) is 0 Å². The van der Waals surface area contributed by atoms with E-state index >= 15 is 0 Å². The summed E-state index contributed by atoms with van der Waals surface area (Å²) in [5.74, 6) is 1.28. The number of nitrogens with zero attached hydrogens (tertiary/aromatic N) is 1. The molecule has 0 bridgehead atoms. The van der Waals surface area contributed by atoms with E-state index in [9.17, 15) is 9.90 Å². The fourth-order valence-electron chi connectivity index (χ4n) is 4.28. The first-order chi connectivity index (χ1) is 15.2. The summed E-state index contributed by atoms with van der Waals surface area (Å²) in [4.78, 5) is 13.9. The number of carbonyl (C=O) groups is 1. The lowest BCUT2D eigenvalue weighted by Crippen LogP contribution is -2.46. The van der Waals surface area contributed by atoms with Crippen molar-refractivity contribution in [2.75, 3.05) is 26.3 Å². The van der Waals surface area contributed by atoms with Gasteiger partial charge in [0.05, 0.1) is 24.7 Å². The summed E-state index contributed by atoms with van der Waals surface area (Å²) in [6.07, 6.45) is 5.79. The van der Waals surface area contributed by atoms with Crippen LogP contribution in [0.5, 0.6) is 5.75 Å². The smallest absolute Gasteiger partial charge is 0.309 e. The van der Waals surface area contributed by atoms with Gasteiger partial charge in [-0.1, -0.05) is 18.2 Å². The Morgan fingerprint density at radius 1 is 1.16 bits per heavy atom. The molecule has 2 aliphatic rings. The first-order valence-corrected chi connectivity index (χ1v) is 11.9. The van der Waals surface area contributed by atoms with Crippen molar-refractivity contribution in [2.45, 2.75) is 71.8 Å². The van der Waals surface area contributed by atoms with Gasteiger partial charge >= 0.3 is 5.97 Å². The van der Waals surface area contributed by atoms with Crippen molar-refractivity contribution < 1.29 is 24.1 Å². The van der Waals surface area contributed by atoms with Crippen molar-refractivity contribution in [1.29, 1.82) is 0 Å². The summed E-state index contributed by atoms with van der Waals surface area (Å²) in [6.45, 7) is 10.5. The highest BCUT2D eigenvalue weighted by Gasteiger charge is 2.27. The van der Waals surface area contributed by atoms with Gasteiger partial charge < -0.3 is 19.3 Å². The van der Waals surface area contributed by atoms with E-state index in [-0.39, 0.29) is 17.5 Å². The first-order valence-electron chi connectivity index (χ1n) is 11.9. The van der Waals surface area contributed by atoms with E-state index in [0.717, 1.165) is 50.9 Å². The third-order valence-corrected chi connectivity index (χ3v) is 6.16. The number of aliphatic hydroxyl groups excluding tert-OH is 1. The van der Waals surface area contributed by atoms with E-state index in [1.54, 1.807) is 0 Å². The number of benzene rings is 1. The Hall–Kier alpha value is -1.89. The molecule has 1 saturated heterocycles. The number of allylic oxidation sites excluding steroid dienone is 2. The molecule has 1 aliphatic carbocycles. The van der Waals surface area contributed by atoms with Crippen LogP contribution in [0, 0.1) is 11.8 Å². The second-order valence-corrected chi connectivity index (χ2v) is 9.82. The summed E-state index contributed by atoms with van der Waals surface area (Å²) in [5, 5.41) is 10.2. The lowest BCUT2D eigenvalue weighted by atomic mass is 9.86. The second kappa shape index (κ2) is 11.3. The van der Waals surface area contributed by atoms with Crippen molar-refractivity contribution in [3.05, 3.63) is 35.9 Å². The maximum atomic E-state index is 11.9. The molecule has 6 nitrogen and oxygen atoms in total. The van der Waals surface area contributed by atoms with Crippen LogP contribution in [0.25, 0.3) is 5.57 Å². The number of carbonyl (C=O) groups excluding carboxylic acids is 1. The zero-order valence-electron chi connectivity index (χ0n) is 20.0. The molecule has 0 radical (unpaired) electrons. The largest absolute Gasteiger partial charge is 0.493 e. The Labute approximate surface area is 192 Å². The average Bonchev–Trinajstić information content (AvgIpc) is 2.77. The molecule has 2 atom stereocenters. The minimum Gasteiger partial charge on any atom is -0.493 e. The van der Waals surface area contributed by atoms with Gasteiger partial charge in [0.15, 0.2) is 0 Å². The van der Waals surface area contributed by atoms with Gasteiger partial charge in [-0.25, -0.2) is 0 Å². The molecule has 32 heavy (non-hydrogen) atoms. The Kier molecular flexibility index (Phi) is 8.74. The second-order valence-electron chi connectivity index (χ2n) is 9.82. The van der Waals surface area contributed by atoms with Crippen LogP contribution >= 0.6 is 0 Å². The highest BCUT2D eigenvalue weighted by atomic mass is 16.6. The van der Waals surface area contributed by atoms with E-state index in [0.29, 0.717) is 19.1 Å². The molecule has 178 valence electrons. The Morgan fingerprint density at radius 2 is 1.84 bits per heavy atom. The topological polar surface area (TPSA) is 68.2 Å². The number of hydrogen-bond acceptors (Lipinski definition) is 6. The third kappa shape index (κ3) is 7.32. The average molecular weight is 446 g/mol. The normalized spacial score (nSPS) is 21.7. The highest BCUT2D eigenvalue weighted by Crippen LogP contribution is 2.32. The predicted octanol–water partition coefficient (Wildman–Crippen LogP) is 4.62. The van der Waals surface area contributed by atoms with Gasteiger partial charge in [-0.15, -0.1) is 0 Å². The summed E-state index contributed by atoms with van der Waals surface area (Å²) < 4.78 is 16.8. The lowest BCUT2D eigenvalue weighted by molar-refractivity contribution is -0.243. The number of hydrogen-bond donors (Lipinski definition) is 1. The number of aliphatic hydroxyl groups is 1. The molecule has 1 aliphatic heterocycles. The third-order valence-electron chi connectivity index (χ3n) is 6.16. The first kappa shape index (κ1) is 24.7. The molecule has 0 saturated carbocycles. The number of esters is 1. The predicted molar refractivity (Wildman–Crippen MR) is 125 cm³/mol. The zero-order chi connectivity index (χ0) is 23.1. The van der Waals surface area contributed by atoms with Gasteiger partial charge in [-0.3, -0.25) is 9.69 Å². The Balaban J connectivity index is 1.42. The minimum absolute atomic E-state index is 0.00568. The summed E-state index contributed by atoms with van der Waals surface area (Å²) in [6, 6.07) is 8.27. The standard InChI is InChI=1S/C26H39NO5/c1-5-30-24(28)22-8-6-20(7-9-22)21-10-12-23(13-11-21)31-18-19-14-16-27(17-15-19)25(29)32-26(2,3)4/h6,10-13,19,22,25,29H,5,7-9,14-18H2,1-4H3. The molecule has 2 unspecified atom stereocenters. The van der Waals surface area contributed by atoms with Crippen molar-refractivity contribution in [2.24, 2.45) is 11.8 Å². The van der Waals surface area contributed by atoms with Crippen LogP contribution in [0.3, 0.4) is 0 Å². The molecule has 0 aromatic heterocycles. The number of piperidine rings is 1. The van der Waals surface area contributed by atoms with Crippen LogP contribution in [0.4, 0.5) is 0 Å². The minimum atomic E-state index is -0.842. The number of ether oxygens (including phenoxy) is 3. The maximum Gasteiger partial charge on any atom is 0.309 e. The Morgan fingerprint density at radius 3 is 2.41 bits per heavy atom. The van der Waals surface area contributed by atoms with Gasteiger partial charge in [0.1, 0.15) is 5.75 Å². The molecule has 1 aromatic rings. The van der Waals surface area contributed by atoms with Crippen molar-refractivity contribution in [3.8, 4) is 5.75 Å². The van der Waals surface area contributed by atoms with E-state index in [1.165, 1.54) is 11.1 Å². The summed E-state index contributed by atoms with van der Waals surface area (Å²) >= 11 is 0. The van der Waals surface area contributed by atoms with E-state index in [1.807, 2.05) is 44.7 Å². The molecule has 1 fully saturated rings. The summed E-state index contributed by atoms with van der Waals surface area (Å²) in [7, 11) is 0. The van der Waals surface area contributed by atoms with Crippen LogP contribution in [-0.4, -0.2) is 54.3 Å². The quantitative estimate of drug-likeness (QED) is 0.465. The fourth-order valence-corrected chi connectivity index (χ4v) is 4.28. The van der Waals surface area contributed by atoms with Gasteiger partial charge in [-0.05, 0) is 89.0 Å². The zero-order valence-corrected chi connectivity index (χ0v) is 20.0. The SMILES string of the molecule is CCOC(=O)C1CC=C(c2ccc(OCC3CCN(C(O)OC(C)(C)C)CC3)cc2)CC1. The molecule has 0 spiro atoms. The van der Waals surface area contributed by atoms with Crippen LogP contribution in [0.15, 0.2) is 30.3 Å². The fraction of sp³-hybridized carbons (Fsp3) is 0.654. The summed E-state index contributed by atoms with van der Waals surface area (Å²) in [5.41, 5.74) is 2.13. The molecule has 1 heterocycles. The van der Waals surface area contributed by atoms with Gasteiger partial charge in [0.2, 0.25) is 6.41 Å². The highest BCUT2D eigenvalue weighted by molar-refractivity contribution is 5.75. The van der Waals surface area contributed by atoms with Crippen LogP contribution in [-0.2, 0) is 14.3 Å². The van der Waals surface area contributed by atoms with Crippen molar-refractivity contribution in [1.82, 2.24) is 4.90 Å². The van der Waals surface area contributed by atoms with Gasteiger partial charge in [0, 0.05) is 13.1 Å². The molecule has 6 heteroatoms. The van der Waals surface area contributed by atoms with Gasteiger partial charge in [0.25, 0.3) is 0 Å². The lowest BCUT2D eigenvalue weighted by Gasteiger charge is -2.37. The van der Waals surface area contributed by atoms with E-state index in [2.05, 4.69) is 18.2 Å². The molecule has 0 amide bonds. The molecule has 1 aromatic carbocycles. The number of likely N-dealkylation sites (tertiary alicyclic amines) is 1. The molecule has 3 rings (SSSR count). The molecule has 1 N–H and O–H groups in total. The van der Waals surface area contributed by atoms with E-state index in [4.69, 9.17) is 14.2 Å². The van der Waals surface area contributed by atoms with E-state index < -0.39 is 6.41 Å². The Bertz CT molecular complexity index is 759. The molecular weight excluding hydrogens is 406 g/mol.